The minimum absolute atomic E-state index is 0. The van der Waals surface area contributed by atoms with E-state index in [0.29, 0.717) is 20.1 Å². The Hall–Kier alpha value is 0.400. The van der Waals surface area contributed by atoms with E-state index in [1.165, 1.54) is 33.9 Å². The Balaban J connectivity index is 0.00000204. The van der Waals surface area contributed by atoms with Crippen LogP contribution in [-0.4, -0.2) is 33.7 Å². The second-order valence-electron chi connectivity index (χ2n) is 10.00. The first-order valence-corrected chi connectivity index (χ1v) is 12.6. The third-order valence-electron chi connectivity index (χ3n) is 7.64. The molecule has 2 aromatic carbocycles. The molecule has 0 fully saturated rings. The van der Waals surface area contributed by atoms with Crippen molar-refractivity contribution in [2.45, 2.75) is 65.2 Å². The molecule has 186 valence electrons. The van der Waals surface area contributed by atoms with E-state index in [9.17, 15) is 0 Å². The van der Waals surface area contributed by atoms with E-state index in [1.54, 1.807) is 0 Å². The van der Waals surface area contributed by atoms with Crippen LogP contribution >= 0.6 is 46.4 Å². The van der Waals surface area contributed by atoms with Crippen LogP contribution in [0.15, 0.2) is 24.3 Å². The van der Waals surface area contributed by atoms with Crippen molar-refractivity contribution >= 4 is 69.2 Å². The van der Waals surface area contributed by atoms with Crippen LogP contribution in [0, 0.1) is 0 Å². The maximum Gasteiger partial charge on any atom is 0.211 e. The smallest absolute Gasteiger partial charge is 0.211 e. The molecule has 0 unspecified atom stereocenters. The fraction of sp³-hybridized carbons (Fsp3) is 0.462. The summed E-state index contributed by atoms with van der Waals surface area (Å²) in [5, 5.41) is 2.46. The minimum atomic E-state index is -0.0537. The number of halogens is 6. The Labute approximate surface area is 257 Å². The molecule has 0 aliphatic carbocycles. The summed E-state index contributed by atoms with van der Waals surface area (Å²) in [4.78, 5) is 0. The predicted octanol–water partition coefficient (Wildman–Crippen LogP) is 2.58. The van der Waals surface area contributed by atoms with Crippen LogP contribution in [0.2, 0.25) is 20.1 Å². The van der Waals surface area contributed by atoms with Gasteiger partial charge in [-0.05, 0) is 39.8 Å². The molecule has 2 aliphatic heterocycles. The van der Waals surface area contributed by atoms with E-state index >= 15 is 0 Å². The molecule has 0 amide bonds. The molecule has 34 heavy (non-hydrogen) atoms. The van der Waals surface area contributed by atoms with Gasteiger partial charge in [0.25, 0.3) is 0 Å². The molecule has 0 atom stereocenters. The van der Waals surface area contributed by atoms with Crippen LogP contribution in [-0.2, 0) is 10.8 Å². The van der Waals surface area contributed by atoms with E-state index in [4.69, 9.17) is 46.4 Å². The maximum atomic E-state index is 6.36. The van der Waals surface area contributed by atoms with Crippen molar-refractivity contribution in [3.8, 4) is 0 Å². The van der Waals surface area contributed by atoms with Gasteiger partial charge in [-0.1, -0.05) is 46.4 Å². The summed E-state index contributed by atoms with van der Waals surface area (Å²) in [6.07, 6.45) is 2.13. The Morgan fingerprint density at radius 3 is 1.21 bits per heavy atom. The van der Waals surface area contributed by atoms with Gasteiger partial charge in [-0.3, -0.25) is 0 Å². The van der Waals surface area contributed by atoms with Crippen molar-refractivity contribution in [2.75, 3.05) is 13.1 Å². The monoisotopic (exact) mass is 764 g/mol. The van der Waals surface area contributed by atoms with Crippen molar-refractivity contribution in [3.05, 3.63) is 55.5 Å². The SMILES string of the molecule is CC1=[N+](CCCC[N+]2=C(C)C(C)(C)c3cc(Cl)c(Cl)cc32)c2cc(Cl)c(Cl)cc2C1(C)C.[I-].[I-]. The van der Waals surface area contributed by atoms with Crippen molar-refractivity contribution in [2.24, 2.45) is 0 Å². The van der Waals surface area contributed by atoms with Gasteiger partial charge in [0, 0.05) is 49.9 Å². The van der Waals surface area contributed by atoms with Crippen LogP contribution in [0.5, 0.6) is 0 Å². The van der Waals surface area contributed by atoms with Gasteiger partial charge in [-0.2, -0.15) is 9.15 Å². The first-order chi connectivity index (χ1) is 14.9. The van der Waals surface area contributed by atoms with Gasteiger partial charge in [-0.15, -0.1) is 0 Å². The molecule has 2 aliphatic rings. The number of fused-ring (bicyclic) bond motifs is 2. The molecule has 8 heteroatoms. The average Bonchev–Trinajstić information content (AvgIpc) is 3.00. The molecule has 0 aromatic heterocycles. The Kier molecular flexibility index (Phi) is 9.93. The van der Waals surface area contributed by atoms with Crippen molar-refractivity contribution in [1.29, 1.82) is 0 Å². The number of unbranched alkanes of at least 4 members (excludes halogenated alkanes) is 1. The highest BCUT2D eigenvalue weighted by Crippen LogP contribution is 2.45. The molecule has 0 radical (unpaired) electrons. The summed E-state index contributed by atoms with van der Waals surface area (Å²) in [5.41, 5.74) is 7.41. The highest BCUT2D eigenvalue weighted by atomic mass is 127. The Morgan fingerprint density at radius 1 is 0.588 bits per heavy atom. The zero-order chi connectivity index (χ0) is 23.6. The van der Waals surface area contributed by atoms with Gasteiger partial charge in [0.2, 0.25) is 11.4 Å². The molecular formula is C26H30Cl4I2N2. The Bertz CT molecular complexity index is 1110. The fourth-order valence-corrected chi connectivity index (χ4v) is 5.71. The topological polar surface area (TPSA) is 6.02 Å². The minimum Gasteiger partial charge on any atom is -1.00 e. The number of nitrogens with zero attached hydrogens (tertiary/aromatic N) is 2. The van der Waals surface area contributed by atoms with Crippen molar-refractivity contribution in [1.82, 2.24) is 0 Å². The largest absolute Gasteiger partial charge is 1.00 e. The lowest BCUT2D eigenvalue weighted by Crippen LogP contribution is -3.00. The van der Waals surface area contributed by atoms with Crippen LogP contribution in [0.4, 0.5) is 11.4 Å². The number of benzene rings is 2. The zero-order valence-corrected chi connectivity index (χ0v) is 27.6. The molecule has 2 aromatic rings. The third-order valence-corrected chi connectivity index (χ3v) is 9.08. The number of hydrogen-bond donors (Lipinski definition) is 0. The standard InChI is InChI=1S/C26H30Cl4N2.2HI/c1-15-25(3,4)17-11-19(27)21(29)13-23(17)31(15)9-7-8-10-32-16(2)26(5,6)18-12-20(28)22(30)14-24(18)32;;/h11-14H,7-10H2,1-6H3;2*1H/q+2;;/p-2. The van der Waals surface area contributed by atoms with Crippen molar-refractivity contribution in [3.63, 3.8) is 0 Å². The van der Waals surface area contributed by atoms with E-state index in [0.717, 1.165) is 25.9 Å². The normalized spacial score (nSPS) is 17.4. The average molecular weight is 766 g/mol. The van der Waals surface area contributed by atoms with E-state index in [-0.39, 0.29) is 58.8 Å². The number of rotatable bonds is 5. The summed E-state index contributed by atoms with van der Waals surface area (Å²) in [7, 11) is 0. The summed E-state index contributed by atoms with van der Waals surface area (Å²) in [6, 6.07) is 8.08. The quantitative estimate of drug-likeness (QED) is 0.251. The number of hydrogen-bond acceptors (Lipinski definition) is 0. The first-order valence-electron chi connectivity index (χ1n) is 11.1. The summed E-state index contributed by atoms with van der Waals surface area (Å²) >= 11 is 25.4. The molecule has 4 rings (SSSR count). The molecule has 0 bridgehead atoms. The lowest BCUT2D eigenvalue weighted by molar-refractivity contribution is -0.452. The molecule has 0 saturated heterocycles. The molecule has 0 spiro atoms. The van der Waals surface area contributed by atoms with Crippen LogP contribution in [0.3, 0.4) is 0 Å². The lowest BCUT2D eigenvalue weighted by atomic mass is 9.82. The Morgan fingerprint density at radius 2 is 0.882 bits per heavy atom. The molecule has 0 saturated carbocycles. The van der Waals surface area contributed by atoms with Gasteiger partial charge >= 0.3 is 0 Å². The van der Waals surface area contributed by atoms with Crippen molar-refractivity contribution < 1.29 is 57.1 Å². The molecule has 2 nitrogen and oxygen atoms in total. The predicted molar refractivity (Wildman–Crippen MR) is 139 cm³/mol. The van der Waals surface area contributed by atoms with Gasteiger partial charge in [-0.25, -0.2) is 0 Å². The third kappa shape index (κ3) is 5.07. The summed E-state index contributed by atoms with van der Waals surface area (Å²) < 4.78 is 4.82. The first kappa shape index (κ1) is 30.6. The van der Waals surface area contributed by atoms with E-state index < -0.39 is 0 Å². The fourth-order valence-electron chi connectivity index (χ4n) is 5.06. The maximum absolute atomic E-state index is 6.36. The second kappa shape index (κ2) is 11.0. The van der Waals surface area contributed by atoms with Gasteiger partial charge < -0.3 is 48.0 Å². The summed E-state index contributed by atoms with van der Waals surface area (Å²) in [6.45, 7) is 15.3. The molecular weight excluding hydrogens is 736 g/mol. The summed E-state index contributed by atoms with van der Waals surface area (Å²) in [5.74, 6) is 0. The van der Waals surface area contributed by atoms with Gasteiger partial charge in [0.1, 0.15) is 13.1 Å². The molecule has 2 heterocycles. The molecule has 0 N–H and O–H groups in total. The zero-order valence-electron chi connectivity index (χ0n) is 20.3. The highest BCUT2D eigenvalue weighted by molar-refractivity contribution is 6.42. The van der Waals surface area contributed by atoms with Crippen LogP contribution < -0.4 is 48.0 Å². The second-order valence-corrected chi connectivity index (χ2v) is 11.6. The van der Waals surface area contributed by atoms with Gasteiger partial charge in [0.05, 0.1) is 30.9 Å². The van der Waals surface area contributed by atoms with E-state index in [1.807, 2.05) is 24.3 Å². The highest BCUT2D eigenvalue weighted by Gasteiger charge is 2.45. The van der Waals surface area contributed by atoms with Gasteiger partial charge in [0.15, 0.2) is 11.4 Å². The van der Waals surface area contributed by atoms with Crippen LogP contribution in [0.1, 0.15) is 65.5 Å². The lowest BCUT2D eigenvalue weighted by Gasteiger charge is -2.15. The van der Waals surface area contributed by atoms with E-state index in [2.05, 4.69) is 50.7 Å². The van der Waals surface area contributed by atoms with Crippen LogP contribution in [0.25, 0.3) is 0 Å².